The fraction of sp³-hybridized carbons (Fsp3) is 0.286. The van der Waals surface area contributed by atoms with Crippen molar-refractivity contribution in [1.29, 1.82) is 0 Å². The number of allylic oxidation sites excluding steroid dienone is 1. The summed E-state index contributed by atoms with van der Waals surface area (Å²) < 4.78 is 21.4. The molecule has 0 bridgehead atoms. The second-order valence-corrected chi connectivity index (χ2v) is 5.53. The average Bonchev–Trinajstić information content (AvgIpc) is 2.69. The maximum atomic E-state index is 12.4. The summed E-state index contributed by atoms with van der Waals surface area (Å²) in [5.74, 6) is 2.30. The Morgan fingerprint density at radius 3 is 2.19 bits per heavy atom. The maximum Gasteiger partial charge on any atom is 0.185 e. The van der Waals surface area contributed by atoms with Gasteiger partial charge in [-0.2, -0.15) is 0 Å². The van der Waals surface area contributed by atoms with Crippen molar-refractivity contribution in [3.8, 4) is 23.0 Å². The Morgan fingerprint density at radius 1 is 0.885 bits per heavy atom. The smallest absolute Gasteiger partial charge is 0.185 e. The molecule has 5 heteroatoms. The Morgan fingerprint density at radius 2 is 1.54 bits per heavy atom. The molecule has 2 aromatic rings. The molecule has 0 fully saturated rings. The normalized spacial score (nSPS) is 10.6. The number of methoxy groups -OCH3 is 3. The van der Waals surface area contributed by atoms with Crippen LogP contribution in [-0.4, -0.2) is 33.7 Å². The summed E-state index contributed by atoms with van der Waals surface area (Å²) >= 11 is 0. The van der Waals surface area contributed by atoms with Crippen molar-refractivity contribution in [3.05, 3.63) is 53.6 Å². The minimum atomic E-state index is -0.128. The van der Waals surface area contributed by atoms with Gasteiger partial charge in [0.25, 0.3) is 0 Å². The summed E-state index contributed by atoms with van der Waals surface area (Å²) in [4.78, 5) is 12.4. The van der Waals surface area contributed by atoms with Crippen LogP contribution >= 0.6 is 0 Å². The van der Waals surface area contributed by atoms with Crippen LogP contribution in [0.25, 0.3) is 6.08 Å². The van der Waals surface area contributed by atoms with Crippen LogP contribution in [0.1, 0.15) is 29.3 Å². The van der Waals surface area contributed by atoms with Crippen molar-refractivity contribution in [3.63, 3.8) is 0 Å². The van der Waals surface area contributed by atoms with Gasteiger partial charge in [-0.3, -0.25) is 4.79 Å². The predicted octanol–water partition coefficient (Wildman–Crippen LogP) is 4.40. The summed E-state index contributed by atoms with van der Waals surface area (Å²) in [7, 11) is 4.69. The highest BCUT2D eigenvalue weighted by Gasteiger charge is 2.09. The fourth-order valence-corrected chi connectivity index (χ4v) is 2.38. The molecule has 0 spiro atoms. The summed E-state index contributed by atoms with van der Waals surface area (Å²) in [6, 6.07) is 10.6. The van der Waals surface area contributed by atoms with E-state index < -0.39 is 0 Å². The van der Waals surface area contributed by atoms with E-state index >= 15 is 0 Å². The third-order valence-electron chi connectivity index (χ3n) is 3.74. The maximum absolute atomic E-state index is 12.4. The molecule has 2 rings (SSSR count). The molecule has 0 amide bonds. The van der Waals surface area contributed by atoms with Gasteiger partial charge in [-0.25, -0.2) is 0 Å². The van der Waals surface area contributed by atoms with E-state index in [-0.39, 0.29) is 5.78 Å². The largest absolute Gasteiger partial charge is 0.493 e. The highest BCUT2D eigenvalue weighted by Crippen LogP contribution is 2.29. The van der Waals surface area contributed by atoms with Gasteiger partial charge in [0.1, 0.15) is 0 Å². The van der Waals surface area contributed by atoms with Crippen molar-refractivity contribution >= 4 is 11.9 Å². The number of hydrogen-bond acceptors (Lipinski definition) is 5. The lowest BCUT2D eigenvalue weighted by atomic mass is 10.1. The van der Waals surface area contributed by atoms with Gasteiger partial charge >= 0.3 is 0 Å². The van der Waals surface area contributed by atoms with Gasteiger partial charge < -0.3 is 18.9 Å². The van der Waals surface area contributed by atoms with Crippen LogP contribution in [0.15, 0.2) is 42.5 Å². The first kappa shape index (κ1) is 19.4. The number of rotatable bonds is 9. The molecule has 0 heterocycles. The van der Waals surface area contributed by atoms with E-state index in [2.05, 4.69) is 0 Å². The zero-order valence-corrected chi connectivity index (χ0v) is 15.6. The molecule has 2 aromatic carbocycles. The molecule has 138 valence electrons. The average molecular weight is 356 g/mol. The van der Waals surface area contributed by atoms with Crippen LogP contribution in [0, 0.1) is 0 Å². The Labute approximate surface area is 154 Å². The van der Waals surface area contributed by atoms with Gasteiger partial charge in [0.15, 0.2) is 28.8 Å². The van der Waals surface area contributed by atoms with Crippen molar-refractivity contribution in [2.75, 3.05) is 27.9 Å². The molecule has 0 saturated heterocycles. The Kier molecular flexibility index (Phi) is 7.09. The molecule has 0 radical (unpaired) electrons. The third kappa shape index (κ3) is 4.79. The van der Waals surface area contributed by atoms with E-state index in [4.69, 9.17) is 18.9 Å². The van der Waals surface area contributed by atoms with Crippen molar-refractivity contribution < 1.29 is 23.7 Å². The molecule has 0 unspecified atom stereocenters. The highest BCUT2D eigenvalue weighted by molar-refractivity contribution is 6.07. The monoisotopic (exact) mass is 356 g/mol. The van der Waals surface area contributed by atoms with Crippen molar-refractivity contribution in [2.24, 2.45) is 0 Å². The van der Waals surface area contributed by atoms with E-state index in [0.717, 1.165) is 12.0 Å². The summed E-state index contributed by atoms with van der Waals surface area (Å²) in [6.45, 7) is 2.67. The predicted molar refractivity (Wildman–Crippen MR) is 102 cm³/mol. The van der Waals surface area contributed by atoms with E-state index in [0.29, 0.717) is 35.2 Å². The molecule has 0 aromatic heterocycles. The van der Waals surface area contributed by atoms with E-state index in [1.807, 2.05) is 25.1 Å². The standard InChI is InChI=1S/C21H24O5/c1-5-12-26-19-10-7-15(13-20(19)24-3)6-9-17(22)16-8-11-18(23-2)21(14-16)25-4/h6-11,13-14H,5,12H2,1-4H3. The molecular weight excluding hydrogens is 332 g/mol. The lowest BCUT2D eigenvalue weighted by molar-refractivity contribution is 0.104. The first-order valence-electron chi connectivity index (χ1n) is 8.38. The van der Waals surface area contributed by atoms with Crippen molar-refractivity contribution in [2.45, 2.75) is 13.3 Å². The minimum Gasteiger partial charge on any atom is -0.493 e. The Balaban J connectivity index is 2.17. The Hall–Kier alpha value is -2.95. The molecule has 0 aliphatic carbocycles. The van der Waals surface area contributed by atoms with Crippen LogP contribution in [0.4, 0.5) is 0 Å². The quantitative estimate of drug-likeness (QED) is 0.492. The molecule has 0 atom stereocenters. The van der Waals surface area contributed by atoms with Gasteiger partial charge in [0.2, 0.25) is 0 Å². The van der Waals surface area contributed by atoms with E-state index in [1.54, 1.807) is 38.5 Å². The first-order valence-corrected chi connectivity index (χ1v) is 8.38. The minimum absolute atomic E-state index is 0.128. The number of carbonyl (C=O) groups is 1. The van der Waals surface area contributed by atoms with E-state index in [9.17, 15) is 4.79 Å². The topological polar surface area (TPSA) is 54.0 Å². The zero-order chi connectivity index (χ0) is 18.9. The van der Waals surface area contributed by atoms with Gasteiger partial charge in [0.05, 0.1) is 27.9 Å². The van der Waals surface area contributed by atoms with Crippen molar-refractivity contribution in [1.82, 2.24) is 0 Å². The molecular formula is C21H24O5. The van der Waals surface area contributed by atoms with Crippen LogP contribution in [0.3, 0.4) is 0 Å². The fourth-order valence-electron chi connectivity index (χ4n) is 2.38. The zero-order valence-electron chi connectivity index (χ0n) is 15.6. The molecule has 0 N–H and O–H groups in total. The van der Waals surface area contributed by atoms with Gasteiger partial charge in [-0.05, 0) is 48.4 Å². The second kappa shape index (κ2) is 9.51. The first-order chi connectivity index (χ1) is 12.6. The number of carbonyl (C=O) groups excluding carboxylic acids is 1. The second-order valence-electron chi connectivity index (χ2n) is 5.53. The molecule has 0 aliphatic rings. The summed E-state index contributed by atoms with van der Waals surface area (Å²) in [5, 5.41) is 0. The van der Waals surface area contributed by atoms with Crippen LogP contribution in [0.5, 0.6) is 23.0 Å². The number of benzene rings is 2. The SMILES string of the molecule is CCCOc1ccc(C=CC(=O)c2ccc(OC)c(OC)c2)cc1OC. The molecule has 26 heavy (non-hydrogen) atoms. The number of ether oxygens (including phenoxy) is 4. The highest BCUT2D eigenvalue weighted by atomic mass is 16.5. The number of hydrogen-bond donors (Lipinski definition) is 0. The van der Waals surface area contributed by atoms with Crippen LogP contribution < -0.4 is 18.9 Å². The molecule has 0 saturated carbocycles. The lowest BCUT2D eigenvalue weighted by Gasteiger charge is -2.10. The molecule has 0 aliphatic heterocycles. The van der Waals surface area contributed by atoms with Gasteiger partial charge in [-0.15, -0.1) is 0 Å². The molecule has 5 nitrogen and oxygen atoms in total. The lowest BCUT2D eigenvalue weighted by Crippen LogP contribution is -1.98. The Bertz CT molecular complexity index is 780. The summed E-state index contributed by atoms with van der Waals surface area (Å²) in [6.07, 6.45) is 4.18. The van der Waals surface area contributed by atoms with Crippen LogP contribution in [0.2, 0.25) is 0 Å². The van der Waals surface area contributed by atoms with Crippen LogP contribution in [-0.2, 0) is 0 Å². The van der Waals surface area contributed by atoms with Gasteiger partial charge in [0, 0.05) is 5.56 Å². The third-order valence-corrected chi connectivity index (χ3v) is 3.74. The van der Waals surface area contributed by atoms with E-state index in [1.165, 1.54) is 13.2 Å². The van der Waals surface area contributed by atoms with Gasteiger partial charge in [-0.1, -0.05) is 19.1 Å². The summed E-state index contributed by atoms with van der Waals surface area (Å²) in [5.41, 5.74) is 1.37. The number of ketones is 1.